The molecule has 1 aliphatic heterocycles. The van der Waals surface area contributed by atoms with Crippen molar-refractivity contribution in [3.05, 3.63) is 75.2 Å². The maximum absolute atomic E-state index is 12.5. The predicted molar refractivity (Wildman–Crippen MR) is 146 cm³/mol. The molecule has 5 nitrogen and oxygen atoms in total. The van der Waals surface area contributed by atoms with Crippen LogP contribution in [0.2, 0.25) is 5.02 Å². The molecule has 2 heterocycles. The van der Waals surface area contributed by atoms with Gasteiger partial charge >= 0.3 is 5.97 Å². The summed E-state index contributed by atoms with van der Waals surface area (Å²) in [5, 5.41) is 3.13. The van der Waals surface area contributed by atoms with E-state index in [1.807, 2.05) is 24.4 Å². The molecule has 1 aromatic heterocycles. The molecule has 0 unspecified atom stereocenters. The minimum Gasteiger partial charge on any atom is -0.458 e. The summed E-state index contributed by atoms with van der Waals surface area (Å²) in [5.74, 6) is 0.0976. The Labute approximate surface area is 224 Å². The summed E-state index contributed by atoms with van der Waals surface area (Å²) in [6.45, 7) is 1.26. The second-order valence-electron chi connectivity index (χ2n) is 10.2. The molecule has 0 spiro atoms. The number of ketones is 1. The maximum Gasteiger partial charge on any atom is 0.303 e. The number of hydrogen-bond acceptors (Lipinski definition) is 4. The molecule has 1 aromatic carbocycles. The van der Waals surface area contributed by atoms with Crippen molar-refractivity contribution in [3.8, 4) is 0 Å². The number of nitrogens with one attached hydrogen (secondary N) is 1. The number of carbonyl (C=O) groups excluding carboxylic acids is 2. The van der Waals surface area contributed by atoms with Crippen LogP contribution in [-0.4, -0.2) is 18.4 Å². The van der Waals surface area contributed by atoms with Gasteiger partial charge in [0.25, 0.3) is 0 Å². The third-order valence-corrected chi connectivity index (χ3v) is 7.90. The van der Waals surface area contributed by atoms with E-state index in [0.29, 0.717) is 5.92 Å². The number of fused-ring (bicyclic) bond motifs is 1. The van der Waals surface area contributed by atoms with Gasteiger partial charge in [-0.15, -0.1) is 0 Å². The zero-order chi connectivity index (χ0) is 26.0. The van der Waals surface area contributed by atoms with E-state index < -0.39 is 5.97 Å². The lowest BCUT2D eigenvalue weighted by molar-refractivity contribution is -0.395. The number of aryl methyl sites for hydroxylation is 1. The average Bonchev–Trinajstić information content (AvgIpc) is 2.85. The van der Waals surface area contributed by atoms with E-state index in [4.69, 9.17) is 21.3 Å². The molecule has 0 radical (unpaired) electrons. The average molecular weight is 522 g/mol. The fourth-order valence-corrected chi connectivity index (χ4v) is 5.80. The van der Waals surface area contributed by atoms with Gasteiger partial charge in [-0.05, 0) is 69.4 Å². The van der Waals surface area contributed by atoms with Crippen LogP contribution >= 0.6 is 11.6 Å². The predicted octanol–water partition coefficient (Wildman–Crippen LogP) is 5.44. The van der Waals surface area contributed by atoms with E-state index in [1.54, 1.807) is 0 Å². The Morgan fingerprint density at radius 3 is 2.54 bits per heavy atom. The molecule has 4 rings (SSSR count). The van der Waals surface area contributed by atoms with Crippen molar-refractivity contribution in [2.24, 2.45) is 10.9 Å². The first-order valence-corrected chi connectivity index (χ1v) is 14.1. The highest BCUT2D eigenvalue weighted by atomic mass is 35.5. The Kier molecular flexibility index (Phi) is 10.1. The summed E-state index contributed by atoms with van der Waals surface area (Å²) in [4.78, 5) is 32.2. The minimum atomic E-state index is -0.393. The number of ether oxygens (including phenoxy) is 1. The van der Waals surface area contributed by atoms with Gasteiger partial charge in [0.05, 0.1) is 10.6 Å². The van der Waals surface area contributed by atoms with E-state index >= 15 is 0 Å². The molecule has 1 fully saturated rings. The number of benzene rings is 1. The Morgan fingerprint density at radius 1 is 1.03 bits per heavy atom. The number of hydrogen-bond donors (Lipinski definition) is 0. The highest BCUT2D eigenvalue weighted by molar-refractivity contribution is 6.31. The van der Waals surface area contributed by atoms with Crippen LogP contribution in [0.15, 0.2) is 53.3 Å². The third-order valence-electron chi connectivity index (χ3n) is 7.53. The largest absolute Gasteiger partial charge is 0.458 e. The third kappa shape index (κ3) is 7.85. The van der Waals surface area contributed by atoms with Gasteiger partial charge in [0, 0.05) is 35.5 Å². The smallest absolute Gasteiger partial charge is 0.303 e. The van der Waals surface area contributed by atoms with Crippen molar-refractivity contribution in [2.75, 3.05) is 6.61 Å². The Morgan fingerprint density at radius 2 is 1.78 bits per heavy atom. The van der Waals surface area contributed by atoms with Crippen molar-refractivity contribution in [1.82, 2.24) is 0 Å². The van der Waals surface area contributed by atoms with Gasteiger partial charge in [-0.3, -0.25) is 14.6 Å². The SMILES string of the molecule is CC(=O)OCC(=O)C1CCCC(c2[nH+]ccc3c2=CCCC=C(CCCc2ccccc2Cl)N=3)CCC1. The van der Waals surface area contributed by atoms with Gasteiger partial charge in [0.15, 0.2) is 17.7 Å². The number of nitrogens with zero attached hydrogens (tertiary/aromatic N) is 1. The molecule has 0 saturated heterocycles. The zero-order valence-electron chi connectivity index (χ0n) is 21.8. The minimum absolute atomic E-state index is 0.000653. The van der Waals surface area contributed by atoms with Gasteiger partial charge in [0.1, 0.15) is 6.61 Å². The fourth-order valence-electron chi connectivity index (χ4n) is 5.57. The summed E-state index contributed by atoms with van der Waals surface area (Å²) in [6.07, 6.45) is 17.3. The van der Waals surface area contributed by atoms with Crippen LogP contribution in [0, 0.1) is 5.92 Å². The summed E-state index contributed by atoms with van der Waals surface area (Å²) in [5.41, 5.74) is 3.63. The monoisotopic (exact) mass is 521 g/mol. The van der Waals surface area contributed by atoms with Crippen LogP contribution in [0.4, 0.5) is 0 Å². The van der Waals surface area contributed by atoms with Crippen molar-refractivity contribution in [2.45, 2.75) is 83.5 Å². The number of allylic oxidation sites excluding steroid dienone is 2. The summed E-state index contributed by atoms with van der Waals surface area (Å²) < 4.78 is 4.95. The molecular weight excluding hydrogens is 484 g/mol. The van der Waals surface area contributed by atoms with Gasteiger partial charge < -0.3 is 4.74 Å². The first kappa shape index (κ1) is 27.3. The van der Waals surface area contributed by atoms with E-state index in [2.05, 4.69) is 29.3 Å². The van der Waals surface area contributed by atoms with Crippen LogP contribution in [-0.2, 0) is 20.7 Å². The number of H-pyrrole nitrogens is 1. The normalized spacial score (nSPS) is 20.0. The summed E-state index contributed by atoms with van der Waals surface area (Å²) in [6, 6.07) is 10.2. The second-order valence-corrected chi connectivity index (χ2v) is 10.6. The molecule has 0 atom stereocenters. The van der Waals surface area contributed by atoms with Gasteiger partial charge in [0.2, 0.25) is 0 Å². The van der Waals surface area contributed by atoms with Crippen molar-refractivity contribution < 1.29 is 19.3 Å². The number of halogens is 1. The van der Waals surface area contributed by atoms with Crippen molar-refractivity contribution in [3.63, 3.8) is 0 Å². The van der Waals surface area contributed by atoms with Gasteiger partial charge in [-0.1, -0.05) is 54.8 Å². The standard InChI is InChI=1S/C31H37ClN2O3/c1-22(35)37-21-30(36)24-11-6-13-25(14-7-12-24)31-27-17-4-3-15-26(34-29(27)19-20-33-31)16-8-10-23-9-2-5-18-28(23)32/h2,5,9,15,17-20,24-25H,3-4,6-8,10-14,16,21H2,1H3/p+1. The van der Waals surface area contributed by atoms with Crippen LogP contribution in [0.1, 0.15) is 88.3 Å². The number of aromatic amines is 1. The number of rotatable bonds is 8. The first-order valence-electron chi connectivity index (χ1n) is 13.7. The molecule has 1 N–H and O–H groups in total. The summed E-state index contributed by atoms with van der Waals surface area (Å²) in [7, 11) is 0. The molecule has 0 bridgehead atoms. The molecular formula is C31H38ClN2O3+. The first-order chi connectivity index (χ1) is 18.0. The van der Waals surface area contributed by atoms with Crippen LogP contribution in [0.5, 0.6) is 0 Å². The lowest BCUT2D eigenvalue weighted by Crippen LogP contribution is -2.38. The second kappa shape index (κ2) is 13.7. The molecule has 2 aromatic rings. The Balaban J connectivity index is 1.43. The molecule has 1 aliphatic carbocycles. The summed E-state index contributed by atoms with van der Waals surface area (Å²) >= 11 is 6.34. The Bertz CT molecular complexity index is 1240. The van der Waals surface area contributed by atoms with E-state index in [1.165, 1.54) is 23.4 Å². The van der Waals surface area contributed by atoms with E-state index in [0.717, 1.165) is 86.7 Å². The quantitative estimate of drug-likeness (QED) is 0.434. The number of carbonyl (C=O) groups is 2. The van der Waals surface area contributed by atoms with Crippen LogP contribution in [0.25, 0.3) is 6.08 Å². The molecule has 196 valence electrons. The number of esters is 1. The fraction of sp³-hybridized carbons (Fsp3) is 0.484. The Hall–Kier alpha value is -2.79. The van der Waals surface area contributed by atoms with Crippen LogP contribution in [0.3, 0.4) is 0 Å². The molecule has 2 aliphatic rings. The van der Waals surface area contributed by atoms with Crippen molar-refractivity contribution >= 4 is 29.4 Å². The van der Waals surface area contributed by atoms with Gasteiger partial charge in [-0.25, -0.2) is 4.98 Å². The molecule has 6 heteroatoms. The molecule has 37 heavy (non-hydrogen) atoms. The maximum atomic E-state index is 12.5. The lowest BCUT2D eigenvalue weighted by atomic mass is 9.82. The van der Waals surface area contributed by atoms with Gasteiger partial charge in [-0.2, -0.15) is 0 Å². The van der Waals surface area contributed by atoms with E-state index in [9.17, 15) is 9.59 Å². The number of aromatic nitrogens is 1. The number of Topliss-reactive ketones (excluding diaryl/α,β-unsaturated/α-hetero) is 1. The topological polar surface area (TPSA) is 69.9 Å². The van der Waals surface area contributed by atoms with Crippen LogP contribution < -0.4 is 15.6 Å². The van der Waals surface area contributed by atoms with E-state index in [-0.39, 0.29) is 18.3 Å². The number of pyridine rings is 1. The van der Waals surface area contributed by atoms with Crippen molar-refractivity contribution in [1.29, 1.82) is 0 Å². The highest BCUT2D eigenvalue weighted by Crippen LogP contribution is 2.30. The highest BCUT2D eigenvalue weighted by Gasteiger charge is 2.26. The molecule has 1 saturated carbocycles. The molecule has 0 amide bonds. The zero-order valence-corrected chi connectivity index (χ0v) is 22.6. The lowest BCUT2D eigenvalue weighted by Gasteiger charge is -2.22.